The van der Waals surface area contributed by atoms with Gasteiger partial charge in [-0.05, 0) is 36.2 Å². The molecule has 0 radical (unpaired) electrons. The second-order valence-electron chi connectivity index (χ2n) is 7.49. The highest BCUT2D eigenvalue weighted by atomic mass is 32.2. The van der Waals surface area contributed by atoms with Crippen molar-refractivity contribution >= 4 is 32.4 Å². The van der Waals surface area contributed by atoms with Crippen molar-refractivity contribution in [3.8, 4) is 5.75 Å². The van der Waals surface area contributed by atoms with Crippen molar-refractivity contribution in [1.82, 2.24) is 9.88 Å². The summed E-state index contributed by atoms with van der Waals surface area (Å²) in [4.78, 5) is 19.3. The molecular weight excluding hydrogens is 450 g/mol. The standard InChI is InChI=1S/C22H23N3O5S2/c1-30-17-9-7-16(8-10-17)20-11-15(13-26)12-25(20)21(27)19-14-31-22(23-19)24-32(28,29)18-5-3-2-4-6-18/h2-10,14-15,20,26H,11-13H2,1H3,(H,23,24). The molecular formula is C22H23N3O5S2. The summed E-state index contributed by atoms with van der Waals surface area (Å²) >= 11 is 1.05. The van der Waals surface area contributed by atoms with E-state index >= 15 is 0 Å². The third-order valence-corrected chi connectivity index (χ3v) is 7.65. The van der Waals surface area contributed by atoms with Gasteiger partial charge in [-0.3, -0.25) is 9.52 Å². The largest absolute Gasteiger partial charge is 0.497 e. The number of amides is 1. The van der Waals surface area contributed by atoms with Crippen LogP contribution >= 0.6 is 11.3 Å². The SMILES string of the molecule is COc1ccc(C2CC(CO)CN2C(=O)c2csc(NS(=O)(=O)c3ccccc3)n2)cc1. The van der Waals surface area contributed by atoms with E-state index in [0.29, 0.717) is 13.0 Å². The van der Waals surface area contributed by atoms with Crippen LogP contribution in [-0.4, -0.2) is 49.6 Å². The van der Waals surface area contributed by atoms with Gasteiger partial charge in [-0.25, -0.2) is 13.4 Å². The smallest absolute Gasteiger partial charge is 0.273 e. The highest BCUT2D eigenvalue weighted by molar-refractivity contribution is 7.93. The molecule has 0 bridgehead atoms. The highest BCUT2D eigenvalue weighted by Gasteiger charge is 2.37. The molecule has 8 nitrogen and oxygen atoms in total. The van der Waals surface area contributed by atoms with E-state index in [-0.39, 0.29) is 40.2 Å². The van der Waals surface area contributed by atoms with Gasteiger partial charge in [0.1, 0.15) is 11.4 Å². The van der Waals surface area contributed by atoms with Gasteiger partial charge >= 0.3 is 0 Å². The predicted octanol–water partition coefficient (Wildman–Crippen LogP) is 3.15. The fraction of sp³-hybridized carbons (Fsp3) is 0.273. The number of benzene rings is 2. The number of nitrogens with zero attached hydrogens (tertiary/aromatic N) is 2. The molecule has 1 saturated heterocycles. The van der Waals surface area contributed by atoms with Crippen LogP contribution in [0.1, 0.15) is 28.5 Å². The summed E-state index contributed by atoms with van der Waals surface area (Å²) in [5.74, 6) is 0.377. The molecule has 4 rings (SSSR count). The maximum absolute atomic E-state index is 13.3. The van der Waals surface area contributed by atoms with Crippen LogP contribution in [0.4, 0.5) is 5.13 Å². The highest BCUT2D eigenvalue weighted by Crippen LogP contribution is 2.37. The minimum atomic E-state index is -3.79. The number of rotatable bonds is 7. The summed E-state index contributed by atoms with van der Waals surface area (Å²) in [7, 11) is -2.20. The third kappa shape index (κ3) is 4.62. The van der Waals surface area contributed by atoms with Gasteiger partial charge in [0.25, 0.3) is 15.9 Å². The van der Waals surface area contributed by atoms with Crippen molar-refractivity contribution in [1.29, 1.82) is 0 Å². The zero-order valence-corrected chi connectivity index (χ0v) is 19.0. The number of aliphatic hydroxyl groups excluding tert-OH is 1. The normalized spacial score (nSPS) is 18.5. The average Bonchev–Trinajstić information content (AvgIpc) is 3.46. The topological polar surface area (TPSA) is 109 Å². The van der Waals surface area contributed by atoms with Crippen LogP contribution in [0.25, 0.3) is 0 Å². The fourth-order valence-corrected chi connectivity index (χ4v) is 5.72. The van der Waals surface area contributed by atoms with E-state index in [1.165, 1.54) is 12.1 Å². The maximum atomic E-state index is 13.3. The summed E-state index contributed by atoms with van der Waals surface area (Å²) < 4.78 is 32.7. The van der Waals surface area contributed by atoms with E-state index in [1.807, 2.05) is 24.3 Å². The molecule has 3 aromatic rings. The number of likely N-dealkylation sites (tertiary alicyclic amines) is 1. The van der Waals surface area contributed by atoms with Crippen LogP contribution in [0.15, 0.2) is 64.9 Å². The molecule has 2 atom stereocenters. The Morgan fingerprint density at radius 3 is 2.59 bits per heavy atom. The molecule has 1 aliphatic rings. The summed E-state index contributed by atoms with van der Waals surface area (Å²) in [6.07, 6.45) is 0.631. The lowest BCUT2D eigenvalue weighted by molar-refractivity contribution is 0.0723. The van der Waals surface area contributed by atoms with Crippen LogP contribution in [0.5, 0.6) is 5.75 Å². The Labute approximate surface area is 190 Å². The minimum Gasteiger partial charge on any atom is -0.497 e. The average molecular weight is 474 g/mol. The lowest BCUT2D eigenvalue weighted by atomic mass is 10.00. The molecule has 2 aromatic carbocycles. The Hall–Kier alpha value is -2.95. The number of aliphatic hydroxyl groups is 1. The number of carbonyl (C=O) groups is 1. The molecule has 32 heavy (non-hydrogen) atoms. The molecule has 1 fully saturated rings. The number of hydrogen-bond acceptors (Lipinski definition) is 7. The molecule has 0 aliphatic carbocycles. The number of ether oxygens (including phenoxy) is 1. The van der Waals surface area contributed by atoms with Gasteiger partial charge in [0.05, 0.1) is 18.0 Å². The number of methoxy groups -OCH3 is 1. The Balaban J connectivity index is 1.54. The van der Waals surface area contributed by atoms with Crippen molar-refractivity contribution in [2.24, 2.45) is 5.92 Å². The van der Waals surface area contributed by atoms with E-state index in [4.69, 9.17) is 4.74 Å². The molecule has 1 amide bonds. The first-order valence-corrected chi connectivity index (χ1v) is 12.4. The van der Waals surface area contributed by atoms with Crippen LogP contribution in [0, 0.1) is 5.92 Å². The van der Waals surface area contributed by atoms with Gasteiger partial charge < -0.3 is 14.7 Å². The monoisotopic (exact) mass is 473 g/mol. The molecule has 2 unspecified atom stereocenters. The molecule has 2 heterocycles. The number of thiazole rings is 1. The number of carbonyl (C=O) groups excluding carboxylic acids is 1. The molecule has 2 N–H and O–H groups in total. The van der Waals surface area contributed by atoms with Crippen molar-refractivity contribution in [3.63, 3.8) is 0 Å². The van der Waals surface area contributed by atoms with Crippen molar-refractivity contribution < 1.29 is 23.1 Å². The Bertz CT molecular complexity index is 1180. The Morgan fingerprint density at radius 2 is 1.94 bits per heavy atom. The summed E-state index contributed by atoms with van der Waals surface area (Å²) in [6.45, 7) is 0.379. The predicted molar refractivity (Wildman–Crippen MR) is 121 cm³/mol. The van der Waals surface area contributed by atoms with Crippen molar-refractivity contribution in [2.45, 2.75) is 17.4 Å². The lowest BCUT2D eigenvalue weighted by Gasteiger charge is -2.24. The number of nitrogens with one attached hydrogen (secondary N) is 1. The second kappa shape index (κ2) is 9.27. The summed E-state index contributed by atoms with van der Waals surface area (Å²) in [6, 6.07) is 15.2. The summed E-state index contributed by atoms with van der Waals surface area (Å²) in [5, 5.41) is 11.3. The number of sulfonamides is 1. The van der Waals surface area contributed by atoms with Gasteiger partial charge in [0, 0.05) is 24.4 Å². The van der Waals surface area contributed by atoms with Gasteiger partial charge in [-0.1, -0.05) is 30.3 Å². The first-order valence-electron chi connectivity index (χ1n) is 10.0. The van der Waals surface area contributed by atoms with Crippen LogP contribution < -0.4 is 9.46 Å². The van der Waals surface area contributed by atoms with Crippen molar-refractivity contribution in [2.75, 3.05) is 25.0 Å². The molecule has 1 aliphatic heterocycles. The van der Waals surface area contributed by atoms with E-state index in [2.05, 4.69) is 9.71 Å². The Kier molecular flexibility index (Phi) is 6.45. The van der Waals surface area contributed by atoms with Crippen molar-refractivity contribution in [3.05, 3.63) is 71.2 Å². The Morgan fingerprint density at radius 1 is 1.22 bits per heavy atom. The van der Waals surface area contributed by atoms with E-state index in [1.54, 1.807) is 35.6 Å². The number of anilines is 1. The molecule has 10 heteroatoms. The van der Waals surface area contributed by atoms with Gasteiger partial charge in [-0.2, -0.15) is 0 Å². The zero-order valence-electron chi connectivity index (χ0n) is 17.3. The minimum absolute atomic E-state index is 0.0182. The quantitative estimate of drug-likeness (QED) is 0.546. The molecule has 1 aromatic heterocycles. The van der Waals surface area contributed by atoms with E-state index in [0.717, 1.165) is 22.6 Å². The fourth-order valence-electron chi connectivity index (χ4n) is 3.76. The van der Waals surface area contributed by atoms with Gasteiger partial charge in [0.15, 0.2) is 5.13 Å². The van der Waals surface area contributed by atoms with Crippen LogP contribution in [0.3, 0.4) is 0 Å². The molecule has 168 valence electrons. The second-order valence-corrected chi connectivity index (χ2v) is 10.0. The third-order valence-electron chi connectivity index (χ3n) is 5.41. The summed E-state index contributed by atoms with van der Waals surface area (Å²) in [5.41, 5.74) is 1.10. The number of aromatic nitrogens is 1. The maximum Gasteiger partial charge on any atom is 0.273 e. The first-order chi connectivity index (χ1) is 15.4. The molecule has 0 saturated carbocycles. The zero-order chi connectivity index (χ0) is 22.7. The van der Waals surface area contributed by atoms with E-state index < -0.39 is 10.0 Å². The van der Waals surface area contributed by atoms with E-state index in [9.17, 15) is 18.3 Å². The lowest BCUT2D eigenvalue weighted by Crippen LogP contribution is -2.31. The van der Waals surface area contributed by atoms with Crippen LogP contribution in [-0.2, 0) is 10.0 Å². The first kappa shape index (κ1) is 22.3. The van der Waals surface area contributed by atoms with Gasteiger partial charge in [-0.15, -0.1) is 11.3 Å². The number of hydrogen-bond donors (Lipinski definition) is 2. The van der Waals surface area contributed by atoms with Crippen LogP contribution in [0.2, 0.25) is 0 Å². The molecule has 0 spiro atoms. The van der Waals surface area contributed by atoms with Gasteiger partial charge in [0.2, 0.25) is 0 Å².